The predicted molar refractivity (Wildman–Crippen MR) is 118 cm³/mol. The molecule has 1 spiro atoms. The zero-order chi connectivity index (χ0) is 21.6. The minimum atomic E-state index is -3.43. The molecule has 1 aliphatic heterocycles. The van der Waals surface area contributed by atoms with Crippen molar-refractivity contribution >= 4 is 21.6 Å². The highest BCUT2D eigenvalue weighted by Crippen LogP contribution is 2.46. The molecule has 1 aliphatic carbocycles. The number of para-hydroxylation sites is 1. The number of hydrogen-bond acceptors (Lipinski definition) is 4. The van der Waals surface area contributed by atoms with Gasteiger partial charge in [0.15, 0.2) is 9.84 Å². The van der Waals surface area contributed by atoms with Crippen LogP contribution in [0, 0.1) is 0 Å². The predicted octanol–water partition coefficient (Wildman–Crippen LogP) is 3.39. The van der Waals surface area contributed by atoms with E-state index >= 15 is 0 Å². The maximum absolute atomic E-state index is 12.9. The molecule has 6 nitrogen and oxygen atoms in total. The molecular weight excluding hydrogens is 398 g/mol. The highest BCUT2D eigenvalue weighted by atomic mass is 32.2. The first-order valence-electron chi connectivity index (χ1n) is 10.3. The van der Waals surface area contributed by atoms with E-state index in [1.54, 1.807) is 29.2 Å². The standard InChI is InChI=1S/C23H29N3O3S/c1-25(2)23(18-9-5-4-6-10-18)15-13-22(14-16-23)17-26(21(27)24-22)19-11-7-8-12-20(19)30(3,28)29/h4-12H,13-17H2,1-3H3,(H,24,27)/t22-,23-. The van der Waals surface area contributed by atoms with E-state index in [-0.39, 0.29) is 22.0 Å². The number of anilines is 1. The highest BCUT2D eigenvalue weighted by Gasteiger charge is 2.50. The number of benzene rings is 2. The van der Waals surface area contributed by atoms with Crippen LogP contribution < -0.4 is 10.2 Å². The molecule has 0 aromatic heterocycles. The molecule has 160 valence electrons. The van der Waals surface area contributed by atoms with Crippen LogP contribution in [0.4, 0.5) is 10.5 Å². The molecule has 4 rings (SSSR count). The van der Waals surface area contributed by atoms with Crippen LogP contribution in [0.25, 0.3) is 0 Å². The van der Waals surface area contributed by atoms with Crippen LogP contribution >= 0.6 is 0 Å². The SMILES string of the molecule is CN(C)[C@]1(c2ccccc2)CC[C@@]2(CC1)CN(c1ccccc1S(C)(=O)=O)C(=O)N2. The van der Waals surface area contributed by atoms with E-state index in [9.17, 15) is 13.2 Å². The molecule has 0 radical (unpaired) electrons. The summed E-state index contributed by atoms with van der Waals surface area (Å²) >= 11 is 0. The fourth-order valence-electron chi connectivity index (χ4n) is 5.06. The van der Waals surface area contributed by atoms with Gasteiger partial charge in [0.1, 0.15) is 0 Å². The summed E-state index contributed by atoms with van der Waals surface area (Å²) in [5, 5.41) is 3.20. The fourth-order valence-corrected chi connectivity index (χ4v) is 5.95. The molecule has 0 atom stereocenters. The molecule has 2 amide bonds. The van der Waals surface area contributed by atoms with Crippen LogP contribution in [0.2, 0.25) is 0 Å². The third-order valence-corrected chi connectivity index (χ3v) is 7.98. The molecule has 30 heavy (non-hydrogen) atoms. The summed E-state index contributed by atoms with van der Waals surface area (Å²) in [5.74, 6) is 0. The van der Waals surface area contributed by atoms with E-state index in [1.807, 2.05) is 6.07 Å². The van der Waals surface area contributed by atoms with Crippen molar-refractivity contribution in [2.24, 2.45) is 0 Å². The van der Waals surface area contributed by atoms with Crippen molar-refractivity contribution in [3.05, 3.63) is 60.2 Å². The molecule has 2 fully saturated rings. The van der Waals surface area contributed by atoms with Crippen LogP contribution in [0.3, 0.4) is 0 Å². The van der Waals surface area contributed by atoms with Crippen LogP contribution in [0.1, 0.15) is 31.2 Å². The monoisotopic (exact) mass is 427 g/mol. The van der Waals surface area contributed by atoms with E-state index in [0.717, 1.165) is 25.7 Å². The number of hydrogen-bond donors (Lipinski definition) is 1. The van der Waals surface area contributed by atoms with Crippen molar-refractivity contribution in [1.29, 1.82) is 0 Å². The molecular formula is C23H29N3O3S. The van der Waals surface area contributed by atoms with E-state index in [4.69, 9.17) is 0 Å². The maximum Gasteiger partial charge on any atom is 0.322 e. The smallest absolute Gasteiger partial charge is 0.322 e. The number of nitrogens with zero attached hydrogens (tertiary/aromatic N) is 2. The first-order chi connectivity index (χ1) is 14.2. The molecule has 2 aromatic rings. The van der Waals surface area contributed by atoms with Crippen molar-refractivity contribution in [3.8, 4) is 0 Å². The van der Waals surface area contributed by atoms with Gasteiger partial charge in [0, 0.05) is 11.8 Å². The summed E-state index contributed by atoms with van der Waals surface area (Å²) in [6.45, 7) is 0.483. The molecule has 7 heteroatoms. The quantitative estimate of drug-likeness (QED) is 0.812. The topological polar surface area (TPSA) is 69.7 Å². The average molecular weight is 428 g/mol. The minimum Gasteiger partial charge on any atom is -0.330 e. The van der Waals surface area contributed by atoms with Gasteiger partial charge in [-0.3, -0.25) is 9.80 Å². The number of rotatable bonds is 4. The number of nitrogens with one attached hydrogen (secondary N) is 1. The second kappa shape index (κ2) is 7.39. The van der Waals surface area contributed by atoms with E-state index < -0.39 is 9.84 Å². The van der Waals surface area contributed by atoms with Gasteiger partial charge in [-0.15, -0.1) is 0 Å². The van der Waals surface area contributed by atoms with Gasteiger partial charge in [-0.05, 0) is 57.5 Å². The lowest BCUT2D eigenvalue weighted by atomic mass is 9.69. The van der Waals surface area contributed by atoms with Crippen molar-refractivity contribution in [2.75, 3.05) is 31.8 Å². The first-order valence-corrected chi connectivity index (χ1v) is 12.2. The Bertz CT molecular complexity index is 1040. The lowest BCUT2D eigenvalue weighted by Gasteiger charge is -2.48. The average Bonchev–Trinajstić information content (AvgIpc) is 3.04. The summed E-state index contributed by atoms with van der Waals surface area (Å²) in [6, 6.07) is 17.1. The van der Waals surface area contributed by atoms with Gasteiger partial charge >= 0.3 is 6.03 Å². The minimum absolute atomic E-state index is 0.0602. The van der Waals surface area contributed by atoms with Crippen LogP contribution in [-0.4, -0.2) is 51.8 Å². The van der Waals surface area contributed by atoms with Gasteiger partial charge in [0.2, 0.25) is 0 Å². The molecule has 1 N–H and O–H groups in total. The van der Waals surface area contributed by atoms with Gasteiger partial charge in [-0.1, -0.05) is 42.5 Å². The Balaban J connectivity index is 1.60. The second-order valence-corrected chi connectivity index (χ2v) is 10.8. The Morgan fingerprint density at radius 1 is 0.933 bits per heavy atom. The summed E-state index contributed by atoms with van der Waals surface area (Å²) in [7, 11) is 0.805. The normalized spacial score (nSPS) is 26.9. The molecule has 1 heterocycles. The number of sulfone groups is 1. The van der Waals surface area contributed by atoms with E-state index in [1.165, 1.54) is 11.8 Å². The van der Waals surface area contributed by atoms with Crippen molar-refractivity contribution in [3.63, 3.8) is 0 Å². The van der Waals surface area contributed by atoms with E-state index in [2.05, 4.69) is 48.6 Å². The lowest BCUT2D eigenvalue weighted by Crippen LogP contribution is -2.54. The van der Waals surface area contributed by atoms with Gasteiger partial charge in [-0.25, -0.2) is 13.2 Å². The van der Waals surface area contributed by atoms with Crippen LogP contribution in [0.5, 0.6) is 0 Å². The fraction of sp³-hybridized carbons (Fsp3) is 0.435. The molecule has 1 saturated heterocycles. The molecule has 0 bridgehead atoms. The summed E-state index contributed by atoms with van der Waals surface area (Å²) in [5.41, 5.74) is 1.36. The third-order valence-electron chi connectivity index (χ3n) is 6.84. The van der Waals surface area contributed by atoms with Crippen LogP contribution in [-0.2, 0) is 15.4 Å². The maximum atomic E-state index is 12.9. The van der Waals surface area contributed by atoms with Crippen molar-refractivity contribution in [2.45, 2.75) is 41.7 Å². The first kappa shape index (κ1) is 20.9. The molecule has 2 aliphatic rings. The van der Waals surface area contributed by atoms with Crippen molar-refractivity contribution < 1.29 is 13.2 Å². The zero-order valence-corrected chi connectivity index (χ0v) is 18.6. The van der Waals surface area contributed by atoms with Gasteiger partial charge in [0.25, 0.3) is 0 Å². The Hall–Kier alpha value is -2.38. The Morgan fingerprint density at radius 2 is 1.53 bits per heavy atom. The summed E-state index contributed by atoms with van der Waals surface area (Å²) in [6.07, 6.45) is 4.70. The second-order valence-electron chi connectivity index (χ2n) is 8.83. The van der Waals surface area contributed by atoms with Crippen LogP contribution in [0.15, 0.2) is 59.5 Å². The summed E-state index contributed by atoms with van der Waals surface area (Å²) < 4.78 is 24.5. The lowest BCUT2D eigenvalue weighted by molar-refractivity contribution is 0.0658. The Labute approximate surface area is 178 Å². The van der Waals surface area contributed by atoms with E-state index in [0.29, 0.717) is 12.2 Å². The van der Waals surface area contributed by atoms with Gasteiger partial charge < -0.3 is 5.32 Å². The third kappa shape index (κ3) is 3.50. The molecule has 0 unspecified atom stereocenters. The molecule has 1 saturated carbocycles. The molecule has 2 aromatic carbocycles. The largest absolute Gasteiger partial charge is 0.330 e. The Morgan fingerprint density at radius 3 is 2.13 bits per heavy atom. The zero-order valence-electron chi connectivity index (χ0n) is 17.8. The number of carbonyl (C=O) groups is 1. The van der Waals surface area contributed by atoms with Crippen molar-refractivity contribution in [1.82, 2.24) is 10.2 Å². The Kier molecular flexibility index (Phi) is 5.14. The van der Waals surface area contributed by atoms with Gasteiger partial charge in [0.05, 0.1) is 22.7 Å². The highest BCUT2D eigenvalue weighted by molar-refractivity contribution is 7.90. The number of carbonyl (C=O) groups excluding carboxylic acids is 1. The number of amides is 2. The summed E-state index contributed by atoms with van der Waals surface area (Å²) in [4.78, 5) is 17.0. The number of urea groups is 1. The van der Waals surface area contributed by atoms with Gasteiger partial charge in [-0.2, -0.15) is 0 Å².